The van der Waals surface area contributed by atoms with Gasteiger partial charge in [-0.05, 0) is 55.8 Å². The van der Waals surface area contributed by atoms with Crippen molar-refractivity contribution in [2.75, 3.05) is 53.0 Å². The number of likely N-dealkylation sites (N-methyl/N-ethyl adjacent to an activating group) is 1. The summed E-state index contributed by atoms with van der Waals surface area (Å²) in [4.78, 5) is 14.1. The Kier molecular flexibility index (Phi) is 9.66. The first-order valence-electron chi connectivity index (χ1n) is 9.84. The molecule has 1 fully saturated rings. The van der Waals surface area contributed by atoms with Crippen molar-refractivity contribution in [3.8, 4) is 0 Å². The zero-order chi connectivity index (χ0) is 21.2. The van der Waals surface area contributed by atoms with Gasteiger partial charge in [-0.1, -0.05) is 0 Å². The van der Waals surface area contributed by atoms with Gasteiger partial charge in [0.05, 0.1) is 19.8 Å². The maximum atomic E-state index is 11.9. The summed E-state index contributed by atoms with van der Waals surface area (Å²) in [5.41, 5.74) is 9.24. The number of hydrogen-bond acceptors (Lipinski definition) is 6. The van der Waals surface area contributed by atoms with Crippen LogP contribution in [0.25, 0.3) is 0 Å². The van der Waals surface area contributed by atoms with Crippen LogP contribution in [-0.2, 0) is 14.3 Å². The summed E-state index contributed by atoms with van der Waals surface area (Å²) in [6.45, 7) is 8.86. The summed E-state index contributed by atoms with van der Waals surface area (Å²) in [6, 6.07) is 5.09. The fourth-order valence-corrected chi connectivity index (χ4v) is 3.65. The maximum absolute atomic E-state index is 11.9. The fraction of sp³-hybridized carbons (Fsp3) is 0.571. The molecular weight excluding hydrogens is 380 g/mol. The highest BCUT2D eigenvalue weighted by molar-refractivity contribution is 5.36. The number of benzene rings is 1. The van der Waals surface area contributed by atoms with E-state index in [0.717, 1.165) is 70.1 Å². The molecule has 29 heavy (non-hydrogen) atoms. The van der Waals surface area contributed by atoms with Gasteiger partial charge in [0, 0.05) is 38.3 Å². The first kappa shape index (κ1) is 23.4. The van der Waals surface area contributed by atoms with Crippen LogP contribution < -0.4 is 5.73 Å². The van der Waals surface area contributed by atoms with E-state index in [1.54, 1.807) is 18.1 Å². The third-order valence-electron chi connectivity index (χ3n) is 4.98. The van der Waals surface area contributed by atoms with E-state index < -0.39 is 11.6 Å². The van der Waals surface area contributed by atoms with Crippen LogP contribution in [-0.4, -0.2) is 81.4 Å². The summed E-state index contributed by atoms with van der Waals surface area (Å²) < 4.78 is 33.5. The number of halogens is 2. The number of rotatable bonds is 3. The molecule has 3 heterocycles. The summed E-state index contributed by atoms with van der Waals surface area (Å²) in [6.07, 6.45) is 1.09. The van der Waals surface area contributed by atoms with Crippen molar-refractivity contribution in [2.24, 2.45) is 5.73 Å². The normalized spacial score (nSPS) is 24.2. The Morgan fingerprint density at radius 3 is 2.07 bits per heavy atom. The standard InChI is InChI=1S/C12H21N3O.C6H4F2.C3H6O2/c1-14-3-9-5-15(6-10(9)4-14)12-2-11(13)7-16-8-12;7-5-1-2-6(8)4-3-5;1-2-5-3-4/h11-12H,2-8,13H2,1H3;1-4H;3H,2H2,1H3. The molecule has 0 bridgehead atoms. The first-order valence-corrected chi connectivity index (χ1v) is 9.84. The molecule has 0 aliphatic carbocycles. The fourth-order valence-electron chi connectivity index (χ4n) is 3.65. The number of hydrogen-bond donors (Lipinski definition) is 1. The molecule has 2 atom stereocenters. The summed E-state index contributed by atoms with van der Waals surface area (Å²) in [7, 11) is 2.20. The van der Waals surface area contributed by atoms with Crippen molar-refractivity contribution in [1.82, 2.24) is 9.80 Å². The van der Waals surface area contributed by atoms with Crippen molar-refractivity contribution in [2.45, 2.75) is 25.4 Å². The Labute approximate surface area is 171 Å². The van der Waals surface area contributed by atoms with E-state index in [4.69, 9.17) is 10.5 Å². The SMILES string of the molecule is CCOC=O.CN1CC2=C(C1)CN(C1COCC(N)C1)C2.Fc1ccc(F)cc1. The van der Waals surface area contributed by atoms with Crippen molar-refractivity contribution < 1.29 is 23.0 Å². The molecule has 0 saturated carbocycles. The van der Waals surface area contributed by atoms with Crippen LogP contribution in [0.5, 0.6) is 0 Å². The Morgan fingerprint density at radius 1 is 1.10 bits per heavy atom. The van der Waals surface area contributed by atoms with Crippen LogP contribution in [0.2, 0.25) is 0 Å². The molecule has 8 heteroatoms. The molecule has 3 aliphatic heterocycles. The van der Waals surface area contributed by atoms with E-state index in [1.165, 1.54) is 0 Å². The molecular formula is C21H31F2N3O3. The van der Waals surface area contributed by atoms with Gasteiger partial charge in [0.25, 0.3) is 6.47 Å². The van der Waals surface area contributed by atoms with Gasteiger partial charge in [-0.15, -0.1) is 0 Å². The average molecular weight is 411 g/mol. The second-order valence-electron chi connectivity index (χ2n) is 7.46. The average Bonchev–Trinajstić information content (AvgIpc) is 3.23. The quantitative estimate of drug-likeness (QED) is 0.604. The Balaban J connectivity index is 0.000000193. The van der Waals surface area contributed by atoms with E-state index in [0.29, 0.717) is 19.1 Å². The van der Waals surface area contributed by atoms with Crippen LogP contribution in [0, 0.1) is 11.6 Å². The monoisotopic (exact) mass is 411 g/mol. The van der Waals surface area contributed by atoms with E-state index in [1.807, 2.05) is 0 Å². The van der Waals surface area contributed by atoms with Gasteiger partial charge in [0.15, 0.2) is 0 Å². The Hall–Kier alpha value is -1.87. The number of ether oxygens (including phenoxy) is 2. The van der Waals surface area contributed by atoms with Crippen molar-refractivity contribution in [3.05, 3.63) is 47.0 Å². The molecule has 1 saturated heterocycles. The highest BCUT2D eigenvalue weighted by atomic mass is 19.1. The van der Waals surface area contributed by atoms with Crippen LogP contribution in [0.4, 0.5) is 8.78 Å². The lowest BCUT2D eigenvalue weighted by Crippen LogP contribution is -2.48. The lowest BCUT2D eigenvalue weighted by atomic mass is 10.1. The Morgan fingerprint density at radius 2 is 1.66 bits per heavy atom. The summed E-state index contributed by atoms with van der Waals surface area (Å²) in [5.74, 6) is -0.821. The predicted octanol–water partition coefficient (Wildman–Crippen LogP) is 1.80. The minimum Gasteiger partial charge on any atom is -0.468 e. The lowest BCUT2D eigenvalue weighted by molar-refractivity contribution is -0.128. The summed E-state index contributed by atoms with van der Waals surface area (Å²) in [5, 5.41) is 0. The third-order valence-corrected chi connectivity index (χ3v) is 4.98. The van der Waals surface area contributed by atoms with Crippen molar-refractivity contribution in [3.63, 3.8) is 0 Å². The zero-order valence-corrected chi connectivity index (χ0v) is 17.2. The molecule has 2 unspecified atom stereocenters. The van der Waals surface area contributed by atoms with Gasteiger partial charge in [0.2, 0.25) is 0 Å². The molecule has 1 aromatic rings. The lowest BCUT2D eigenvalue weighted by Gasteiger charge is -2.34. The van der Waals surface area contributed by atoms with E-state index in [2.05, 4.69) is 21.6 Å². The minimum absolute atomic E-state index is 0.233. The molecule has 6 nitrogen and oxygen atoms in total. The molecule has 3 aliphatic rings. The second-order valence-corrected chi connectivity index (χ2v) is 7.46. The minimum atomic E-state index is -0.411. The van der Waals surface area contributed by atoms with Crippen molar-refractivity contribution in [1.29, 1.82) is 0 Å². The largest absolute Gasteiger partial charge is 0.468 e. The Bertz CT molecular complexity index is 631. The molecule has 4 rings (SSSR count). The highest BCUT2D eigenvalue weighted by Gasteiger charge is 2.33. The van der Waals surface area contributed by atoms with Gasteiger partial charge in [0.1, 0.15) is 11.6 Å². The molecule has 0 spiro atoms. The number of carbonyl (C=O) groups excluding carboxylic acids is 1. The van der Waals surface area contributed by atoms with E-state index >= 15 is 0 Å². The van der Waals surface area contributed by atoms with Crippen molar-refractivity contribution >= 4 is 6.47 Å². The maximum Gasteiger partial charge on any atom is 0.293 e. The summed E-state index contributed by atoms with van der Waals surface area (Å²) >= 11 is 0. The van der Waals surface area contributed by atoms with E-state index in [-0.39, 0.29) is 6.04 Å². The molecule has 1 aromatic carbocycles. The molecule has 0 amide bonds. The van der Waals surface area contributed by atoms with Gasteiger partial charge in [-0.25, -0.2) is 8.78 Å². The number of nitrogens with two attached hydrogens (primary N) is 1. The third kappa shape index (κ3) is 7.81. The molecule has 0 radical (unpaired) electrons. The topological polar surface area (TPSA) is 68.0 Å². The first-order chi connectivity index (χ1) is 13.9. The van der Waals surface area contributed by atoms with Gasteiger partial charge < -0.3 is 15.2 Å². The van der Waals surface area contributed by atoms with Crippen LogP contribution in [0.3, 0.4) is 0 Å². The predicted molar refractivity (Wildman–Crippen MR) is 107 cm³/mol. The van der Waals surface area contributed by atoms with Crippen LogP contribution in [0.1, 0.15) is 13.3 Å². The van der Waals surface area contributed by atoms with Gasteiger partial charge in [-0.3, -0.25) is 14.6 Å². The molecule has 162 valence electrons. The zero-order valence-electron chi connectivity index (χ0n) is 17.2. The number of nitrogens with zero attached hydrogens (tertiary/aromatic N) is 2. The smallest absolute Gasteiger partial charge is 0.293 e. The van der Waals surface area contributed by atoms with Crippen LogP contribution in [0.15, 0.2) is 35.4 Å². The van der Waals surface area contributed by atoms with Gasteiger partial charge >= 0.3 is 0 Å². The number of carbonyl (C=O) groups is 1. The van der Waals surface area contributed by atoms with E-state index in [9.17, 15) is 13.6 Å². The van der Waals surface area contributed by atoms with Gasteiger partial charge in [-0.2, -0.15) is 0 Å². The van der Waals surface area contributed by atoms with Crippen LogP contribution >= 0.6 is 0 Å². The molecule has 0 aromatic heterocycles. The highest BCUT2D eigenvalue weighted by Crippen LogP contribution is 2.27. The second kappa shape index (κ2) is 12.0. The molecule has 2 N–H and O–H groups in total.